The maximum Gasteiger partial charge on any atom is 0.126 e. The van der Waals surface area contributed by atoms with Crippen LogP contribution in [0.5, 0.6) is 0 Å². The van der Waals surface area contributed by atoms with Gasteiger partial charge in [-0.05, 0) is 25.1 Å². The number of nitrogens with zero attached hydrogens (tertiary/aromatic N) is 1. The number of aromatic nitrogens is 2. The van der Waals surface area contributed by atoms with Gasteiger partial charge in [0.15, 0.2) is 0 Å². The van der Waals surface area contributed by atoms with E-state index in [1.165, 1.54) is 12.1 Å². The minimum Gasteiger partial charge on any atom is -0.342 e. The van der Waals surface area contributed by atoms with E-state index in [-0.39, 0.29) is 5.92 Å². The van der Waals surface area contributed by atoms with Crippen LogP contribution < -0.4 is 5.73 Å². The van der Waals surface area contributed by atoms with Crippen molar-refractivity contribution in [2.45, 2.75) is 19.3 Å². The van der Waals surface area contributed by atoms with Crippen molar-refractivity contribution >= 4 is 0 Å². The first kappa shape index (κ1) is 12.7. The van der Waals surface area contributed by atoms with Crippen LogP contribution in [0.3, 0.4) is 0 Å². The molecule has 0 fully saturated rings. The molecule has 1 aromatic carbocycles. The molecule has 18 heavy (non-hydrogen) atoms. The molecule has 3 N–H and O–H groups in total. The fourth-order valence-electron chi connectivity index (χ4n) is 1.83. The molecule has 96 valence electrons. The summed E-state index contributed by atoms with van der Waals surface area (Å²) in [4.78, 5) is 7.28. The number of aromatic amines is 1. The number of nitrogens with two attached hydrogens (primary N) is 1. The third-order valence-electron chi connectivity index (χ3n) is 2.84. The quantitative estimate of drug-likeness (QED) is 0.877. The normalized spacial score (nSPS) is 12.7. The molecule has 3 nitrogen and oxygen atoms in total. The summed E-state index contributed by atoms with van der Waals surface area (Å²) in [6.45, 7) is 2.58. The second-order valence-corrected chi connectivity index (χ2v) is 4.32. The Bertz CT molecular complexity index is 517. The molecule has 2 rings (SSSR count). The number of nitrogens with one attached hydrogen (secondary N) is 1. The van der Waals surface area contributed by atoms with Crippen LogP contribution in [0.15, 0.2) is 24.4 Å². The van der Waals surface area contributed by atoms with Crippen LogP contribution >= 0.6 is 0 Å². The van der Waals surface area contributed by atoms with Gasteiger partial charge < -0.3 is 10.7 Å². The minimum atomic E-state index is -0.601. The maximum absolute atomic E-state index is 13.1. The highest BCUT2D eigenvalue weighted by Crippen LogP contribution is 2.23. The number of hydrogen-bond donors (Lipinski definition) is 2. The highest BCUT2D eigenvalue weighted by Gasteiger charge is 2.11. The zero-order chi connectivity index (χ0) is 13.1. The lowest BCUT2D eigenvalue weighted by atomic mass is 10.1. The fourth-order valence-corrected chi connectivity index (χ4v) is 1.83. The lowest BCUT2D eigenvalue weighted by Crippen LogP contribution is -2.05. The van der Waals surface area contributed by atoms with Gasteiger partial charge in [-0.1, -0.05) is 6.92 Å². The number of benzene rings is 1. The topological polar surface area (TPSA) is 54.7 Å². The summed E-state index contributed by atoms with van der Waals surface area (Å²) in [6.07, 6.45) is 2.39. The van der Waals surface area contributed by atoms with Gasteiger partial charge in [-0.15, -0.1) is 0 Å². The zero-order valence-corrected chi connectivity index (χ0v) is 10.1. The molecule has 2 aromatic rings. The van der Waals surface area contributed by atoms with Gasteiger partial charge in [0.2, 0.25) is 0 Å². The molecule has 0 bridgehead atoms. The van der Waals surface area contributed by atoms with Crippen LogP contribution in [0.1, 0.15) is 25.1 Å². The molecule has 1 aromatic heterocycles. The SMILES string of the molecule is CC(CCN)c1ncc(-c2cc(F)cc(F)c2)[nH]1. The maximum atomic E-state index is 13.1. The molecule has 1 atom stereocenters. The number of hydrogen-bond acceptors (Lipinski definition) is 2. The van der Waals surface area contributed by atoms with E-state index in [0.29, 0.717) is 17.8 Å². The molecule has 0 saturated carbocycles. The van der Waals surface area contributed by atoms with Gasteiger partial charge in [-0.25, -0.2) is 13.8 Å². The van der Waals surface area contributed by atoms with Crippen molar-refractivity contribution < 1.29 is 8.78 Å². The molecule has 0 radical (unpaired) electrons. The Morgan fingerprint density at radius 3 is 2.56 bits per heavy atom. The van der Waals surface area contributed by atoms with Crippen LogP contribution in [0.4, 0.5) is 8.78 Å². The first-order valence-electron chi connectivity index (χ1n) is 5.81. The van der Waals surface area contributed by atoms with Crippen LogP contribution in [0.2, 0.25) is 0 Å². The minimum absolute atomic E-state index is 0.196. The molecule has 1 heterocycles. The summed E-state index contributed by atoms with van der Waals surface area (Å²) in [5.74, 6) is -0.227. The van der Waals surface area contributed by atoms with Crippen molar-refractivity contribution in [2.75, 3.05) is 6.54 Å². The summed E-state index contributed by atoms with van der Waals surface area (Å²) in [6, 6.07) is 3.39. The highest BCUT2D eigenvalue weighted by atomic mass is 19.1. The van der Waals surface area contributed by atoms with E-state index < -0.39 is 11.6 Å². The van der Waals surface area contributed by atoms with Crippen molar-refractivity contribution in [3.63, 3.8) is 0 Å². The average Bonchev–Trinajstić information content (AvgIpc) is 2.77. The molecule has 0 aliphatic rings. The highest BCUT2D eigenvalue weighted by molar-refractivity contribution is 5.58. The Kier molecular flexibility index (Phi) is 3.72. The molecule has 0 aliphatic carbocycles. The summed E-state index contributed by atoms with van der Waals surface area (Å²) in [5.41, 5.74) is 6.54. The van der Waals surface area contributed by atoms with Gasteiger partial charge in [0, 0.05) is 17.5 Å². The Morgan fingerprint density at radius 1 is 1.28 bits per heavy atom. The van der Waals surface area contributed by atoms with Gasteiger partial charge >= 0.3 is 0 Å². The van der Waals surface area contributed by atoms with Crippen LogP contribution in [0.25, 0.3) is 11.3 Å². The summed E-state index contributed by atoms with van der Waals surface area (Å²) >= 11 is 0. The smallest absolute Gasteiger partial charge is 0.126 e. The number of halogens is 2. The first-order chi connectivity index (χ1) is 8.60. The van der Waals surface area contributed by atoms with E-state index in [1.54, 1.807) is 6.20 Å². The second-order valence-electron chi connectivity index (χ2n) is 4.32. The second kappa shape index (κ2) is 5.27. The number of H-pyrrole nitrogens is 1. The molecule has 0 amide bonds. The monoisotopic (exact) mass is 251 g/mol. The van der Waals surface area contributed by atoms with Crippen LogP contribution in [-0.2, 0) is 0 Å². The lowest BCUT2D eigenvalue weighted by molar-refractivity contribution is 0.584. The predicted octanol–water partition coefficient (Wildman–Crippen LogP) is 2.81. The predicted molar refractivity (Wildman–Crippen MR) is 66.0 cm³/mol. The summed E-state index contributed by atoms with van der Waals surface area (Å²) in [5, 5.41) is 0. The van der Waals surface area contributed by atoms with Gasteiger partial charge in [0.05, 0.1) is 11.9 Å². The molecule has 5 heteroatoms. The Hall–Kier alpha value is -1.75. The molecular weight excluding hydrogens is 236 g/mol. The Balaban J connectivity index is 2.29. The Morgan fingerprint density at radius 2 is 1.94 bits per heavy atom. The number of rotatable bonds is 4. The van der Waals surface area contributed by atoms with Gasteiger partial charge in [-0.3, -0.25) is 0 Å². The summed E-state index contributed by atoms with van der Waals surface area (Å²) < 4.78 is 26.2. The van der Waals surface area contributed by atoms with Crippen molar-refractivity contribution in [2.24, 2.45) is 5.73 Å². The van der Waals surface area contributed by atoms with Crippen LogP contribution in [0, 0.1) is 11.6 Å². The third kappa shape index (κ3) is 2.73. The van der Waals surface area contributed by atoms with Crippen molar-refractivity contribution in [1.82, 2.24) is 9.97 Å². The summed E-state index contributed by atoms with van der Waals surface area (Å²) in [7, 11) is 0. The van der Waals surface area contributed by atoms with E-state index in [9.17, 15) is 8.78 Å². The molecule has 0 aliphatic heterocycles. The molecule has 0 spiro atoms. The van der Waals surface area contributed by atoms with E-state index in [2.05, 4.69) is 9.97 Å². The molecule has 1 unspecified atom stereocenters. The standard InChI is InChI=1S/C13H15F2N3/c1-8(2-3-16)13-17-7-12(18-13)9-4-10(14)6-11(15)5-9/h4-8H,2-3,16H2,1H3,(H,17,18). The van der Waals surface area contributed by atoms with E-state index >= 15 is 0 Å². The Labute approximate surface area is 104 Å². The first-order valence-corrected chi connectivity index (χ1v) is 5.81. The fraction of sp³-hybridized carbons (Fsp3) is 0.308. The average molecular weight is 251 g/mol. The molecular formula is C13H15F2N3. The third-order valence-corrected chi connectivity index (χ3v) is 2.84. The largest absolute Gasteiger partial charge is 0.342 e. The van der Waals surface area contributed by atoms with Gasteiger partial charge in [0.1, 0.15) is 17.5 Å². The van der Waals surface area contributed by atoms with E-state index in [1.807, 2.05) is 6.92 Å². The van der Waals surface area contributed by atoms with E-state index in [4.69, 9.17) is 5.73 Å². The molecule has 0 saturated heterocycles. The van der Waals surface area contributed by atoms with Crippen molar-refractivity contribution in [1.29, 1.82) is 0 Å². The number of imidazole rings is 1. The zero-order valence-electron chi connectivity index (χ0n) is 10.1. The van der Waals surface area contributed by atoms with Gasteiger partial charge in [0.25, 0.3) is 0 Å². The van der Waals surface area contributed by atoms with Crippen molar-refractivity contribution in [3.05, 3.63) is 41.9 Å². The lowest BCUT2D eigenvalue weighted by Gasteiger charge is -2.05. The van der Waals surface area contributed by atoms with E-state index in [0.717, 1.165) is 18.3 Å². The van der Waals surface area contributed by atoms with Crippen LogP contribution in [-0.4, -0.2) is 16.5 Å². The van der Waals surface area contributed by atoms with Crippen molar-refractivity contribution in [3.8, 4) is 11.3 Å². The van der Waals surface area contributed by atoms with Gasteiger partial charge in [-0.2, -0.15) is 0 Å².